The number of benzene rings is 1. The zero-order valence-electron chi connectivity index (χ0n) is 11.5. The van der Waals surface area contributed by atoms with E-state index in [1.165, 1.54) is 0 Å². The predicted molar refractivity (Wildman–Crippen MR) is 81.0 cm³/mol. The molecule has 1 saturated heterocycles. The van der Waals surface area contributed by atoms with E-state index in [0.717, 1.165) is 35.8 Å². The first-order valence-electron chi connectivity index (χ1n) is 6.83. The summed E-state index contributed by atoms with van der Waals surface area (Å²) >= 11 is 3.42. The molecule has 3 nitrogen and oxygen atoms in total. The van der Waals surface area contributed by atoms with E-state index in [2.05, 4.69) is 26.6 Å². The molecule has 2 N–H and O–H groups in total. The van der Waals surface area contributed by atoms with Crippen LogP contribution in [0.4, 0.5) is 0 Å². The molecule has 2 atom stereocenters. The van der Waals surface area contributed by atoms with Crippen LogP contribution in [0.1, 0.15) is 44.7 Å². The summed E-state index contributed by atoms with van der Waals surface area (Å²) in [4.78, 5) is 12.4. The van der Waals surface area contributed by atoms with E-state index in [-0.39, 0.29) is 11.9 Å². The maximum Gasteiger partial charge on any atom is 0.240 e. The molecule has 104 valence electrons. The van der Waals surface area contributed by atoms with Crippen LogP contribution in [0, 0.1) is 0 Å². The molecular formula is C15H21BrN2O. The number of amides is 1. The van der Waals surface area contributed by atoms with Crippen LogP contribution in [-0.4, -0.2) is 18.0 Å². The highest BCUT2D eigenvalue weighted by molar-refractivity contribution is 9.10. The van der Waals surface area contributed by atoms with Crippen molar-refractivity contribution in [2.45, 2.75) is 44.7 Å². The fourth-order valence-corrected chi connectivity index (χ4v) is 2.71. The van der Waals surface area contributed by atoms with Crippen LogP contribution in [0.25, 0.3) is 0 Å². The van der Waals surface area contributed by atoms with Crippen molar-refractivity contribution in [1.82, 2.24) is 10.6 Å². The Balaban J connectivity index is 2.00. The minimum Gasteiger partial charge on any atom is -0.348 e. The maximum atomic E-state index is 12.4. The van der Waals surface area contributed by atoms with Gasteiger partial charge in [-0.15, -0.1) is 0 Å². The smallest absolute Gasteiger partial charge is 0.240 e. The van der Waals surface area contributed by atoms with Gasteiger partial charge in [-0.3, -0.25) is 4.79 Å². The van der Waals surface area contributed by atoms with Crippen molar-refractivity contribution in [2.24, 2.45) is 0 Å². The van der Waals surface area contributed by atoms with Crippen LogP contribution >= 0.6 is 15.9 Å². The topological polar surface area (TPSA) is 41.1 Å². The molecule has 1 amide bonds. The summed E-state index contributed by atoms with van der Waals surface area (Å²) in [5, 5.41) is 6.45. The highest BCUT2D eigenvalue weighted by Crippen LogP contribution is 2.21. The van der Waals surface area contributed by atoms with Crippen molar-refractivity contribution in [3.63, 3.8) is 0 Å². The lowest BCUT2D eigenvalue weighted by Gasteiger charge is -2.34. The molecule has 0 spiro atoms. The van der Waals surface area contributed by atoms with Gasteiger partial charge in [0.2, 0.25) is 5.91 Å². The molecule has 0 bridgehead atoms. The summed E-state index contributed by atoms with van der Waals surface area (Å²) in [5.74, 6) is 0.0996. The Morgan fingerprint density at radius 1 is 1.37 bits per heavy atom. The maximum absolute atomic E-state index is 12.4. The molecule has 1 aromatic rings. The highest BCUT2D eigenvalue weighted by atomic mass is 79.9. The van der Waals surface area contributed by atoms with E-state index < -0.39 is 5.54 Å². The second-order valence-electron chi connectivity index (χ2n) is 5.46. The van der Waals surface area contributed by atoms with Gasteiger partial charge in [0.25, 0.3) is 0 Å². The van der Waals surface area contributed by atoms with Crippen LogP contribution in [0.2, 0.25) is 0 Å². The molecule has 0 aromatic heterocycles. The Bertz CT molecular complexity index is 438. The first-order valence-corrected chi connectivity index (χ1v) is 7.62. The Hall–Kier alpha value is -0.870. The molecule has 1 heterocycles. The van der Waals surface area contributed by atoms with Crippen molar-refractivity contribution in [1.29, 1.82) is 0 Å². The second-order valence-corrected chi connectivity index (χ2v) is 6.38. The van der Waals surface area contributed by atoms with Gasteiger partial charge < -0.3 is 10.6 Å². The molecule has 0 aliphatic carbocycles. The van der Waals surface area contributed by atoms with Crippen molar-refractivity contribution in [3.05, 3.63) is 34.3 Å². The summed E-state index contributed by atoms with van der Waals surface area (Å²) in [6, 6.07) is 8.09. The molecule has 0 saturated carbocycles. The number of halogens is 1. The first kappa shape index (κ1) is 14.5. The Kier molecular flexibility index (Phi) is 4.63. The van der Waals surface area contributed by atoms with Crippen molar-refractivity contribution < 1.29 is 4.79 Å². The molecule has 1 aromatic carbocycles. The second kappa shape index (κ2) is 6.06. The summed E-state index contributed by atoms with van der Waals surface area (Å²) in [6.45, 7) is 4.94. The normalized spacial score (nSPS) is 24.8. The first-order chi connectivity index (χ1) is 9.01. The van der Waals surface area contributed by atoms with Crippen molar-refractivity contribution in [3.8, 4) is 0 Å². The molecule has 1 fully saturated rings. The van der Waals surface area contributed by atoms with E-state index in [9.17, 15) is 4.79 Å². The number of carbonyl (C=O) groups excluding carboxylic acids is 1. The summed E-state index contributed by atoms with van der Waals surface area (Å²) in [6.07, 6.45) is 3.18. The van der Waals surface area contributed by atoms with E-state index in [1.807, 2.05) is 38.1 Å². The van der Waals surface area contributed by atoms with Crippen LogP contribution in [0.5, 0.6) is 0 Å². The molecule has 1 aliphatic heterocycles. The lowest BCUT2D eigenvalue weighted by atomic mass is 9.89. The fourth-order valence-electron chi connectivity index (χ4n) is 2.44. The summed E-state index contributed by atoms with van der Waals surface area (Å²) in [7, 11) is 0. The third-order valence-corrected chi connectivity index (χ3v) is 4.37. The largest absolute Gasteiger partial charge is 0.348 e. The number of nitrogens with one attached hydrogen (secondary N) is 2. The van der Waals surface area contributed by atoms with Crippen molar-refractivity contribution in [2.75, 3.05) is 6.54 Å². The highest BCUT2D eigenvalue weighted by Gasteiger charge is 2.34. The lowest BCUT2D eigenvalue weighted by molar-refractivity contribution is -0.128. The molecule has 0 radical (unpaired) electrons. The number of rotatable bonds is 3. The Labute approximate surface area is 123 Å². The molecular weight excluding hydrogens is 304 g/mol. The zero-order valence-corrected chi connectivity index (χ0v) is 13.1. The monoisotopic (exact) mass is 324 g/mol. The van der Waals surface area contributed by atoms with Crippen LogP contribution in [0.3, 0.4) is 0 Å². The van der Waals surface area contributed by atoms with Gasteiger partial charge in [0.15, 0.2) is 0 Å². The Morgan fingerprint density at radius 2 is 2.05 bits per heavy atom. The SMILES string of the molecule is C[C@@H](NC(=O)C1(C)CCCCN1)c1ccc(Br)cc1. The minimum absolute atomic E-state index is 0.0288. The van der Waals surface area contributed by atoms with Gasteiger partial charge in [-0.2, -0.15) is 0 Å². The van der Waals surface area contributed by atoms with E-state index in [1.54, 1.807) is 0 Å². The number of carbonyl (C=O) groups is 1. The quantitative estimate of drug-likeness (QED) is 0.896. The zero-order chi connectivity index (χ0) is 13.9. The molecule has 4 heteroatoms. The van der Waals surface area contributed by atoms with E-state index in [0.29, 0.717) is 0 Å². The minimum atomic E-state index is -0.415. The number of hydrogen-bond donors (Lipinski definition) is 2. The molecule has 2 rings (SSSR count). The van der Waals surface area contributed by atoms with Crippen molar-refractivity contribution >= 4 is 21.8 Å². The average molecular weight is 325 g/mol. The van der Waals surface area contributed by atoms with Crippen LogP contribution in [-0.2, 0) is 4.79 Å². The third-order valence-electron chi connectivity index (χ3n) is 3.84. The fraction of sp³-hybridized carbons (Fsp3) is 0.533. The molecule has 1 aliphatic rings. The van der Waals surface area contributed by atoms with Gasteiger partial charge in [0.1, 0.15) is 0 Å². The lowest BCUT2D eigenvalue weighted by Crippen LogP contribution is -2.57. The van der Waals surface area contributed by atoms with Gasteiger partial charge in [0.05, 0.1) is 11.6 Å². The summed E-state index contributed by atoms with van der Waals surface area (Å²) in [5.41, 5.74) is 0.706. The van der Waals surface area contributed by atoms with Crippen LogP contribution < -0.4 is 10.6 Å². The number of hydrogen-bond acceptors (Lipinski definition) is 2. The van der Waals surface area contributed by atoms with E-state index >= 15 is 0 Å². The van der Waals surface area contributed by atoms with Gasteiger partial charge in [-0.1, -0.05) is 28.1 Å². The molecule has 1 unspecified atom stereocenters. The standard InChI is InChI=1S/C15H21BrN2O/c1-11(12-5-7-13(16)8-6-12)18-14(19)15(2)9-3-4-10-17-15/h5-8,11,17H,3-4,9-10H2,1-2H3,(H,18,19)/t11-,15?/m1/s1. The van der Waals surface area contributed by atoms with Gasteiger partial charge in [-0.05, 0) is 57.4 Å². The summed E-state index contributed by atoms with van der Waals surface area (Å²) < 4.78 is 1.05. The predicted octanol–water partition coefficient (Wildman–Crippen LogP) is 3.16. The Morgan fingerprint density at radius 3 is 2.63 bits per heavy atom. The van der Waals surface area contributed by atoms with Gasteiger partial charge in [0, 0.05) is 4.47 Å². The average Bonchev–Trinajstić information content (AvgIpc) is 2.40. The molecule has 19 heavy (non-hydrogen) atoms. The third kappa shape index (κ3) is 3.57. The van der Waals surface area contributed by atoms with Gasteiger partial charge >= 0.3 is 0 Å². The number of piperidine rings is 1. The van der Waals surface area contributed by atoms with E-state index in [4.69, 9.17) is 0 Å². The van der Waals surface area contributed by atoms with Gasteiger partial charge in [-0.25, -0.2) is 0 Å². The van der Waals surface area contributed by atoms with Crippen LogP contribution in [0.15, 0.2) is 28.7 Å².